The molecule has 1 heterocycles. The van der Waals surface area contributed by atoms with Crippen LogP contribution in [0.4, 0.5) is 11.4 Å². The highest BCUT2D eigenvalue weighted by Crippen LogP contribution is 2.30. The topological polar surface area (TPSA) is 87.5 Å². The number of anilines is 2. The van der Waals surface area contributed by atoms with Gasteiger partial charge in [-0.25, -0.2) is 0 Å². The van der Waals surface area contributed by atoms with Gasteiger partial charge in [0.25, 0.3) is 0 Å². The number of piperidine rings is 1. The Hall–Kier alpha value is -2.08. The zero-order chi connectivity index (χ0) is 16.8. The van der Waals surface area contributed by atoms with Gasteiger partial charge < -0.3 is 21.3 Å². The summed E-state index contributed by atoms with van der Waals surface area (Å²) >= 11 is 0. The van der Waals surface area contributed by atoms with Gasteiger partial charge in [0.2, 0.25) is 11.8 Å². The molecule has 0 radical (unpaired) electrons. The lowest BCUT2D eigenvalue weighted by Crippen LogP contribution is -2.39. The number of primary amides is 1. The lowest BCUT2D eigenvalue weighted by atomic mass is 9.96. The largest absolute Gasteiger partial charge is 0.370 e. The van der Waals surface area contributed by atoms with Crippen molar-refractivity contribution in [2.24, 2.45) is 17.6 Å². The van der Waals surface area contributed by atoms with Gasteiger partial charge in [0.15, 0.2) is 0 Å². The number of carbonyl (C=O) groups is 2. The van der Waals surface area contributed by atoms with Crippen molar-refractivity contribution in [1.82, 2.24) is 5.32 Å². The van der Waals surface area contributed by atoms with E-state index < -0.39 is 0 Å². The molecule has 1 aromatic rings. The molecule has 1 aliphatic heterocycles. The van der Waals surface area contributed by atoms with Crippen molar-refractivity contribution in [3.63, 3.8) is 0 Å². The molecular weight excluding hydrogens is 292 g/mol. The van der Waals surface area contributed by atoms with Gasteiger partial charge in [-0.15, -0.1) is 0 Å². The Morgan fingerprint density at radius 2 is 1.96 bits per heavy atom. The number of nitrogens with zero attached hydrogens (tertiary/aromatic N) is 1. The maximum absolute atomic E-state index is 12.2. The Kier molecular flexibility index (Phi) is 5.98. The minimum absolute atomic E-state index is 0.00109. The second-order valence-corrected chi connectivity index (χ2v) is 6.13. The average Bonchev–Trinajstić information content (AvgIpc) is 2.55. The third kappa shape index (κ3) is 4.45. The van der Waals surface area contributed by atoms with E-state index >= 15 is 0 Å². The van der Waals surface area contributed by atoms with Crippen molar-refractivity contribution in [1.29, 1.82) is 0 Å². The van der Waals surface area contributed by atoms with Gasteiger partial charge in [-0.3, -0.25) is 9.59 Å². The van der Waals surface area contributed by atoms with Crippen molar-refractivity contribution < 1.29 is 9.59 Å². The van der Waals surface area contributed by atoms with Crippen molar-refractivity contribution >= 4 is 23.2 Å². The van der Waals surface area contributed by atoms with E-state index in [0.717, 1.165) is 37.3 Å². The second-order valence-electron chi connectivity index (χ2n) is 6.13. The molecule has 126 valence electrons. The zero-order valence-electron chi connectivity index (χ0n) is 13.8. The molecule has 1 fully saturated rings. The first-order chi connectivity index (χ1) is 11.0. The first-order valence-electron chi connectivity index (χ1n) is 8.11. The van der Waals surface area contributed by atoms with Crippen molar-refractivity contribution in [2.45, 2.75) is 19.8 Å². The molecule has 0 saturated carbocycles. The summed E-state index contributed by atoms with van der Waals surface area (Å²) < 4.78 is 0. The van der Waals surface area contributed by atoms with Crippen LogP contribution in [-0.4, -0.2) is 38.5 Å². The van der Waals surface area contributed by atoms with E-state index in [2.05, 4.69) is 15.5 Å². The number of hydrogen-bond donors (Lipinski definition) is 3. The zero-order valence-corrected chi connectivity index (χ0v) is 13.8. The summed E-state index contributed by atoms with van der Waals surface area (Å²) in [5.74, 6) is -0.358. The fourth-order valence-corrected chi connectivity index (χ4v) is 2.91. The maximum atomic E-state index is 12.2. The standard InChI is InChI=1S/C17H26N4O2/c1-12(11-19-2)17(23)20-14-5-3-4-6-15(14)21-9-7-13(8-10-21)16(18)22/h3-6,12-13,19H,7-11H2,1-2H3,(H2,18,22)(H,20,23). The third-order valence-electron chi connectivity index (χ3n) is 4.36. The van der Waals surface area contributed by atoms with Gasteiger partial charge in [0, 0.05) is 31.5 Å². The summed E-state index contributed by atoms with van der Waals surface area (Å²) in [7, 11) is 1.83. The lowest BCUT2D eigenvalue weighted by Gasteiger charge is -2.33. The molecule has 1 unspecified atom stereocenters. The van der Waals surface area contributed by atoms with E-state index in [0.29, 0.717) is 6.54 Å². The van der Waals surface area contributed by atoms with Crippen molar-refractivity contribution in [3.8, 4) is 0 Å². The van der Waals surface area contributed by atoms with Crippen LogP contribution < -0.4 is 21.3 Å². The van der Waals surface area contributed by atoms with E-state index in [9.17, 15) is 9.59 Å². The Bertz CT molecular complexity index is 553. The minimum atomic E-state index is -0.216. The molecule has 0 spiro atoms. The van der Waals surface area contributed by atoms with Crippen LogP contribution in [0.5, 0.6) is 0 Å². The van der Waals surface area contributed by atoms with Gasteiger partial charge in [-0.1, -0.05) is 19.1 Å². The van der Waals surface area contributed by atoms with Crippen LogP contribution in [0.1, 0.15) is 19.8 Å². The van der Waals surface area contributed by atoms with Gasteiger partial charge in [0.1, 0.15) is 0 Å². The number of carbonyl (C=O) groups excluding carboxylic acids is 2. The lowest BCUT2D eigenvalue weighted by molar-refractivity contribution is -0.122. The summed E-state index contributed by atoms with van der Waals surface area (Å²) in [6.07, 6.45) is 1.52. The molecule has 2 amide bonds. The predicted octanol–water partition coefficient (Wildman–Crippen LogP) is 1.18. The van der Waals surface area contributed by atoms with Gasteiger partial charge in [-0.05, 0) is 32.0 Å². The number of benzene rings is 1. The molecule has 23 heavy (non-hydrogen) atoms. The summed E-state index contributed by atoms with van der Waals surface area (Å²) in [4.78, 5) is 25.7. The molecular formula is C17H26N4O2. The summed E-state index contributed by atoms with van der Waals surface area (Å²) in [6, 6.07) is 7.79. The SMILES string of the molecule is CNCC(C)C(=O)Nc1ccccc1N1CCC(C(N)=O)CC1. The van der Waals surface area contributed by atoms with Crippen LogP contribution in [0.15, 0.2) is 24.3 Å². The van der Waals surface area contributed by atoms with Crippen LogP contribution in [0.3, 0.4) is 0 Å². The molecule has 0 aliphatic carbocycles. The van der Waals surface area contributed by atoms with Gasteiger partial charge >= 0.3 is 0 Å². The van der Waals surface area contributed by atoms with Crippen LogP contribution in [0.2, 0.25) is 0 Å². The molecule has 6 heteroatoms. The molecule has 6 nitrogen and oxygen atoms in total. The average molecular weight is 318 g/mol. The van der Waals surface area contributed by atoms with Gasteiger partial charge in [-0.2, -0.15) is 0 Å². The minimum Gasteiger partial charge on any atom is -0.370 e. The van der Waals surface area contributed by atoms with Gasteiger partial charge in [0.05, 0.1) is 11.4 Å². The molecule has 0 bridgehead atoms. The molecule has 4 N–H and O–H groups in total. The molecule has 1 aromatic carbocycles. The van der Waals surface area contributed by atoms with E-state index in [1.54, 1.807) is 0 Å². The van der Waals surface area contributed by atoms with E-state index in [-0.39, 0.29) is 23.7 Å². The molecule has 1 saturated heterocycles. The van der Waals surface area contributed by atoms with Crippen LogP contribution in [-0.2, 0) is 9.59 Å². The fraction of sp³-hybridized carbons (Fsp3) is 0.529. The number of hydrogen-bond acceptors (Lipinski definition) is 4. The first-order valence-corrected chi connectivity index (χ1v) is 8.11. The highest BCUT2D eigenvalue weighted by Gasteiger charge is 2.24. The first kappa shape index (κ1) is 17.3. The summed E-state index contributed by atoms with van der Waals surface area (Å²) in [5, 5.41) is 6.03. The van der Waals surface area contributed by atoms with E-state index in [1.165, 1.54) is 0 Å². The fourth-order valence-electron chi connectivity index (χ4n) is 2.91. The highest BCUT2D eigenvalue weighted by atomic mass is 16.2. The van der Waals surface area contributed by atoms with Crippen molar-refractivity contribution in [3.05, 3.63) is 24.3 Å². The number of nitrogens with one attached hydrogen (secondary N) is 2. The monoisotopic (exact) mass is 318 g/mol. The Morgan fingerprint density at radius 3 is 2.57 bits per heavy atom. The van der Waals surface area contributed by atoms with Crippen LogP contribution in [0.25, 0.3) is 0 Å². The summed E-state index contributed by atoms with van der Waals surface area (Å²) in [6.45, 7) is 4.07. The number of rotatable bonds is 6. The summed E-state index contributed by atoms with van der Waals surface area (Å²) in [5.41, 5.74) is 7.21. The van der Waals surface area contributed by atoms with Crippen LogP contribution >= 0.6 is 0 Å². The molecule has 1 aliphatic rings. The Balaban J connectivity index is 2.06. The van der Waals surface area contributed by atoms with E-state index in [1.807, 2.05) is 38.2 Å². The normalized spacial score (nSPS) is 16.9. The predicted molar refractivity (Wildman–Crippen MR) is 92.3 cm³/mol. The van der Waals surface area contributed by atoms with Crippen molar-refractivity contribution in [2.75, 3.05) is 36.9 Å². The third-order valence-corrected chi connectivity index (χ3v) is 4.36. The molecule has 0 aromatic heterocycles. The molecule has 1 atom stereocenters. The quantitative estimate of drug-likeness (QED) is 0.735. The smallest absolute Gasteiger partial charge is 0.228 e. The Labute approximate surface area is 137 Å². The number of nitrogens with two attached hydrogens (primary N) is 1. The second kappa shape index (κ2) is 7.97. The number of amides is 2. The number of para-hydroxylation sites is 2. The molecule has 2 rings (SSSR count). The maximum Gasteiger partial charge on any atom is 0.228 e. The Morgan fingerprint density at radius 1 is 1.30 bits per heavy atom. The van der Waals surface area contributed by atoms with Crippen LogP contribution in [0, 0.1) is 11.8 Å². The van der Waals surface area contributed by atoms with E-state index in [4.69, 9.17) is 5.73 Å². The highest BCUT2D eigenvalue weighted by molar-refractivity contribution is 5.95.